The topological polar surface area (TPSA) is 64.6 Å². The van der Waals surface area contributed by atoms with Crippen LogP contribution in [0.5, 0.6) is 11.5 Å². The van der Waals surface area contributed by atoms with Gasteiger partial charge in [0.05, 0.1) is 25.3 Å². The lowest BCUT2D eigenvalue weighted by Gasteiger charge is -2.46. The second kappa shape index (κ2) is 19.2. The molecule has 0 spiro atoms. The number of unbranched alkanes of at least 4 members (excludes halogenated alkanes) is 4. The SMILES string of the molecule is CCCCOC[C@H]1O[C@@H](c2cc(Br)c(OC)cc2OC)[C@H](OCCCC)[C@@H](OCCCC)[C@@H]1OCCCC. The van der Waals surface area contributed by atoms with E-state index in [-0.39, 0.29) is 24.4 Å². The van der Waals surface area contributed by atoms with Crippen LogP contribution >= 0.6 is 15.9 Å². The Balaban J connectivity index is 2.52. The second-order valence-electron chi connectivity index (χ2n) is 9.82. The Bertz CT molecular complexity index is 762. The lowest BCUT2D eigenvalue weighted by atomic mass is 9.90. The van der Waals surface area contributed by atoms with Gasteiger partial charge in [-0.25, -0.2) is 0 Å². The van der Waals surface area contributed by atoms with Crippen molar-refractivity contribution in [3.8, 4) is 11.5 Å². The number of halogens is 1. The van der Waals surface area contributed by atoms with Gasteiger partial charge < -0.3 is 33.2 Å². The molecule has 0 unspecified atom stereocenters. The molecule has 0 aromatic heterocycles. The molecule has 1 aromatic carbocycles. The summed E-state index contributed by atoms with van der Waals surface area (Å²) in [7, 11) is 3.31. The van der Waals surface area contributed by atoms with Gasteiger partial charge >= 0.3 is 0 Å². The fraction of sp³-hybridized carbons (Fsp3) is 0.800. The molecular weight excluding hydrogens is 552 g/mol. The molecule has 1 aliphatic rings. The van der Waals surface area contributed by atoms with Crippen molar-refractivity contribution in [1.29, 1.82) is 0 Å². The average Bonchev–Trinajstić information content (AvgIpc) is 2.92. The maximum atomic E-state index is 6.85. The van der Waals surface area contributed by atoms with Crippen LogP contribution in [0.4, 0.5) is 0 Å². The molecule has 7 nitrogen and oxygen atoms in total. The van der Waals surface area contributed by atoms with Gasteiger partial charge in [-0.05, 0) is 47.7 Å². The third-order valence-electron chi connectivity index (χ3n) is 6.79. The van der Waals surface area contributed by atoms with Crippen molar-refractivity contribution >= 4 is 15.9 Å². The van der Waals surface area contributed by atoms with Gasteiger partial charge in [0.1, 0.15) is 42.0 Å². The minimum Gasteiger partial charge on any atom is -0.496 e. The molecule has 1 fully saturated rings. The van der Waals surface area contributed by atoms with Gasteiger partial charge in [-0.2, -0.15) is 0 Å². The number of benzene rings is 1. The van der Waals surface area contributed by atoms with Gasteiger partial charge in [0.2, 0.25) is 0 Å². The highest BCUT2D eigenvalue weighted by molar-refractivity contribution is 9.10. The predicted octanol–water partition coefficient (Wildman–Crippen LogP) is 7.28. The zero-order chi connectivity index (χ0) is 27.8. The highest BCUT2D eigenvalue weighted by Crippen LogP contribution is 2.44. The van der Waals surface area contributed by atoms with E-state index >= 15 is 0 Å². The average molecular weight is 604 g/mol. The fourth-order valence-corrected chi connectivity index (χ4v) is 5.04. The highest BCUT2D eigenvalue weighted by Gasteiger charge is 2.49. The molecule has 220 valence electrons. The molecule has 0 radical (unpaired) electrons. The monoisotopic (exact) mass is 602 g/mol. The highest BCUT2D eigenvalue weighted by atomic mass is 79.9. The van der Waals surface area contributed by atoms with E-state index in [4.69, 9.17) is 33.2 Å². The van der Waals surface area contributed by atoms with Crippen LogP contribution < -0.4 is 9.47 Å². The zero-order valence-corrected chi connectivity index (χ0v) is 26.1. The molecule has 1 aliphatic heterocycles. The van der Waals surface area contributed by atoms with Gasteiger partial charge in [0, 0.05) is 38.1 Å². The second-order valence-corrected chi connectivity index (χ2v) is 10.7. The van der Waals surface area contributed by atoms with Crippen LogP contribution in [0.15, 0.2) is 16.6 Å². The summed E-state index contributed by atoms with van der Waals surface area (Å²) in [4.78, 5) is 0. The van der Waals surface area contributed by atoms with Crippen LogP contribution in [0.3, 0.4) is 0 Å². The molecule has 1 aromatic rings. The third-order valence-corrected chi connectivity index (χ3v) is 7.41. The first-order valence-electron chi connectivity index (χ1n) is 14.5. The van der Waals surface area contributed by atoms with Crippen molar-refractivity contribution in [2.24, 2.45) is 0 Å². The van der Waals surface area contributed by atoms with Crippen LogP contribution in [0, 0.1) is 0 Å². The molecule has 1 saturated heterocycles. The predicted molar refractivity (Wildman–Crippen MR) is 155 cm³/mol. The lowest BCUT2D eigenvalue weighted by Crippen LogP contribution is -2.58. The minimum absolute atomic E-state index is 0.296. The summed E-state index contributed by atoms with van der Waals surface area (Å²) in [5.41, 5.74) is 0.885. The Labute approximate surface area is 239 Å². The summed E-state index contributed by atoms with van der Waals surface area (Å²) in [6.45, 7) is 11.7. The van der Waals surface area contributed by atoms with E-state index < -0.39 is 6.10 Å². The smallest absolute Gasteiger partial charge is 0.136 e. The van der Waals surface area contributed by atoms with Crippen molar-refractivity contribution in [2.45, 2.75) is 110 Å². The first kappa shape index (κ1) is 33.3. The van der Waals surface area contributed by atoms with E-state index in [1.807, 2.05) is 12.1 Å². The van der Waals surface area contributed by atoms with E-state index in [0.717, 1.165) is 61.4 Å². The van der Waals surface area contributed by atoms with Gasteiger partial charge in [-0.1, -0.05) is 53.4 Å². The van der Waals surface area contributed by atoms with Crippen molar-refractivity contribution in [3.63, 3.8) is 0 Å². The van der Waals surface area contributed by atoms with Crippen LogP contribution in [0.2, 0.25) is 0 Å². The van der Waals surface area contributed by atoms with Crippen LogP contribution in [-0.4, -0.2) is 71.7 Å². The first-order valence-corrected chi connectivity index (χ1v) is 15.3. The van der Waals surface area contributed by atoms with Crippen molar-refractivity contribution in [2.75, 3.05) is 47.3 Å². The Morgan fingerprint density at radius 1 is 0.684 bits per heavy atom. The number of methoxy groups -OCH3 is 2. The standard InChI is InChI=1S/C30H51BrO7/c1-7-11-15-34-21-26-28(35-16-12-8-2)30(37-18-14-10-4)29(36-17-13-9-3)27(38-26)22-19-23(31)25(33-6)20-24(22)32-5/h19-20,26-30H,7-18,21H2,1-6H3/t26-,27+,28-,29+,30+/m1/s1. The Hall–Kier alpha value is -0.900. The third kappa shape index (κ3) is 9.93. The van der Waals surface area contributed by atoms with E-state index in [0.29, 0.717) is 44.5 Å². The van der Waals surface area contributed by atoms with Gasteiger partial charge in [-0.3, -0.25) is 0 Å². The summed E-state index contributed by atoms with van der Waals surface area (Å²) in [5, 5.41) is 0. The Morgan fingerprint density at radius 3 is 1.76 bits per heavy atom. The van der Waals surface area contributed by atoms with Crippen LogP contribution in [0.25, 0.3) is 0 Å². The van der Waals surface area contributed by atoms with Gasteiger partial charge in [-0.15, -0.1) is 0 Å². The maximum absolute atomic E-state index is 6.85. The van der Waals surface area contributed by atoms with E-state index in [1.165, 1.54) is 0 Å². The number of ether oxygens (including phenoxy) is 7. The van der Waals surface area contributed by atoms with Crippen molar-refractivity contribution in [3.05, 3.63) is 22.2 Å². The number of rotatable bonds is 20. The summed E-state index contributed by atoms with van der Waals surface area (Å²) in [6.07, 6.45) is 6.45. The Kier molecular flexibility index (Phi) is 16.8. The number of hydrogen-bond acceptors (Lipinski definition) is 7. The zero-order valence-electron chi connectivity index (χ0n) is 24.5. The molecule has 38 heavy (non-hydrogen) atoms. The molecule has 2 rings (SSSR count). The summed E-state index contributed by atoms with van der Waals surface area (Å²) >= 11 is 3.66. The quantitative estimate of drug-likeness (QED) is 0.145. The van der Waals surface area contributed by atoms with E-state index in [9.17, 15) is 0 Å². The van der Waals surface area contributed by atoms with Crippen molar-refractivity contribution < 1.29 is 33.2 Å². The Morgan fingerprint density at radius 2 is 1.21 bits per heavy atom. The summed E-state index contributed by atoms with van der Waals surface area (Å²) in [5.74, 6) is 1.38. The molecule has 0 bridgehead atoms. The largest absolute Gasteiger partial charge is 0.496 e. The van der Waals surface area contributed by atoms with Crippen molar-refractivity contribution in [1.82, 2.24) is 0 Å². The maximum Gasteiger partial charge on any atom is 0.136 e. The molecule has 8 heteroatoms. The van der Waals surface area contributed by atoms with E-state index in [2.05, 4.69) is 43.6 Å². The molecule has 5 atom stereocenters. The fourth-order valence-electron chi connectivity index (χ4n) is 4.52. The number of hydrogen-bond donors (Lipinski definition) is 0. The van der Waals surface area contributed by atoms with Crippen LogP contribution in [-0.2, 0) is 23.7 Å². The first-order chi connectivity index (χ1) is 18.6. The molecule has 0 amide bonds. The normalized spacial score (nSPS) is 23.5. The lowest BCUT2D eigenvalue weighted by molar-refractivity contribution is -0.268. The van der Waals surface area contributed by atoms with Crippen LogP contribution in [0.1, 0.15) is 90.7 Å². The molecule has 0 aliphatic carbocycles. The molecular formula is C30H51BrO7. The minimum atomic E-state index is -0.429. The van der Waals surface area contributed by atoms with E-state index in [1.54, 1.807) is 14.2 Å². The molecule has 0 saturated carbocycles. The molecule has 1 heterocycles. The van der Waals surface area contributed by atoms with Gasteiger partial charge in [0.25, 0.3) is 0 Å². The van der Waals surface area contributed by atoms with Gasteiger partial charge in [0.15, 0.2) is 0 Å². The summed E-state index contributed by atoms with van der Waals surface area (Å²) < 4.78 is 44.8. The summed E-state index contributed by atoms with van der Waals surface area (Å²) in [6, 6.07) is 3.89. The molecule has 0 N–H and O–H groups in total.